The molecular weight excluding hydrogens is 248 g/mol. The minimum Gasteiger partial charge on any atom is -0.303 e. The highest BCUT2D eigenvalue weighted by molar-refractivity contribution is 5.49. The van der Waals surface area contributed by atoms with Gasteiger partial charge in [-0.05, 0) is 30.6 Å². The van der Waals surface area contributed by atoms with E-state index in [2.05, 4.69) is 20.8 Å². The molecule has 0 heterocycles. The van der Waals surface area contributed by atoms with E-state index in [0.29, 0.717) is 11.8 Å². The molecule has 2 heteroatoms. The molecule has 0 saturated carbocycles. The lowest BCUT2D eigenvalue weighted by Gasteiger charge is -2.15. The van der Waals surface area contributed by atoms with E-state index in [0.717, 1.165) is 44.2 Å². The van der Waals surface area contributed by atoms with E-state index >= 15 is 0 Å². The van der Waals surface area contributed by atoms with E-state index in [4.69, 9.17) is 0 Å². The molecule has 0 aliphatic rings. The zero-order valence-corrected chi connectivity index (χ0v) is 13.8. The molecule has 0 rings (SSSR count). The number of hydrogen-bond acceptors (Lipinski definition) is 2. The fraction of sp³-hybridized carbons (Fsp3) is 0.889. The molecule has 2 atom stereocenters. The summed E-state index contributed by atoms with van der Waals surface area (Å²) in [5, 5.41) is 0. The second kappa shape index (κ2) is 13.3. The Morgan fingerprint density at radius 3 is 1.20 bits per heavy atom. The van der Waals surface area contributed by atoms with Crippen LogP contribution in [-0.4, -0.2) is 12.6 Å². The van der Waals surface area contributed by atoms with Crippen molar-refractivity contribution >= 4 is 12.6 Å². The first kappa shape index (κ1) is 19.3. The fourth-order valence-corrected chi connectivity index (χ4v) is 2.77. The summed E-state index contributed by atoms with van der Waals surface area (Å²) < 4.78 is 0. The van der Waals surface area contributed by atoms with Gasteiger partial charge in [-0.25, -0.2) is 0 Å². The monoisotopic (exact) mass is 282 g/mol. The van der Waals surface area contributed by atoms with Gasteiger partial charge in [-0.15, -0.1) is 0 Å². The molecule has 0 amide bonds. The van der Waals surface area contributed by atoms with Gasteiger partial charge >= 0.3 is 0 Å². The highest BCUT2D eigenvalue weighted by Crippen LogP contribution is 2.21. The van der Waals surface area contributed by atoms with Gasteiger partial charge in [-0.3, -0.25) is 0 Å². The standard InChI is InChI=1S/C18H34O2/c1-16(8-4-10-17(2)12-6-14-19)9-5-11-18(3)13-7-15-20/h14-18H,4-13H2,1-3H3. The van der Waals surface area contributed by atoms with Crippen molar-refractivity contribution in [2.24, 2.45) is 17.8 Å². The third-order valence-electron chi connectivity index (χ3n) is 4.34. The maximum absolute atomic E-state index is 10.3. The van der Waals surface area contributed by atoms with Crippen LogP contribution < -0.4 is 0 Å². The van der Waals surface area contributed by atoms with Crippen LogP contribution >= 0.6 is 0 Å². The van der Waals surface area contributed by atoms with Crippen molar-refractivity contribution < 1.29 is 9.59 Å². The molecule has 2 unspecified atom stereocenters. The quantitative estimate of drug-likeness (QED) is 0.411. The summed E-state index contributed by atoms with van der Waals surface area (Å²) in [6.45, 7) is 6.86. The molecule has 0 fully saturated rings. The minimum atomic E-state index is 0.691. The molecule has 118 valence electrons. The lowest BCUT2D eigenvalue weighted by molar-refractivity contribution is -0.108. The van der Waals surface area contributed by atoms with Crippen LogP contribution in [0.25, 0.3) is 0 Å². The first-order valence-corrected chi connectivity index (χ1v) is 8.47. The second-order valence-corrected chi connectivity index (χ2v) is 6.67. The molecular formula is C18H34O2. The first-order chi connectivity index (χ1) is 9.60. The summed E-state index contributed by atoms with van der Waals surface area (Å²) in [5.74, 6) is 2.19. The third-order valence-corrected chi connectivity index (χ3v) is 4.34. The molecule has 0 aliphatic heterocycles. The van der Waals surface area contributed by atoms with Crippen LogP contribution in [0.5, 0.6) is 0 Å². The second-order valence-electron chi connectivity index (χ2n) is 6.67. The Morgan fingerprint density at radius 1 is 0.600 bits per heavy atom. The molecule has 2 nitrogen and oxygen atoms in total. The topological polar surface area (TPSA) is 34.1 Å². The van der Waals surface area contributed by atoms with Crippen molar-refractivity contribution in [2.45, 2.75) is 85.0 Å². The molecule has 0 aliphatic carbocycles. The van der Waals surface area contributed by atoms with Crippen LogP contribution in [0.2, 0.25) is 0 Å². The van der Waals surface area contributed by atoms with Crippen molar-refractivity contribution in [1.29, 1.82) is 0 Å². The van der Waals surface area contributed by atoms with Gasteiger partial charge in [0.25, 0.3) is 0 Å². The van der Waals surface area contributed by atoms with Gasteiger partial charge < -0.3 is 9.59 Å². The number of carbonyl (C=O) groups is 2. The Bertz CT molecular complexity index is 214. The highest BCUT2D eigenvalue weighted by atomic mass is 16.1. The van der Waals surface area contributed by atoms with Gasteiger partial charge in [0, 0.05) is 12.8 Å². The molecule has 0 bridgehead atoms. The van der Waals surface area contributed by atoms with E-state index in [9.17, 15) is 9.59 Å². The van der Waals surface area contributed by atoms with Gasteiger partial charge in [0.15, 0.2) is 0 Å². The van der Waals surface area contributed by atoms with Crippen molar-refractivity contribution in [1.82, 2.24) is 0 Å². The highest BCUT2D eigenvalue weighted by Gasteiger charge is 2.07. The van der Waals surface area contributed by atoms with Gasteiger partial charge in [0.1, 0.15) is 12.6 Å². The van der Waals surface area contributed by atoms with Crippen LogP contribution in [0, 0.1) is 17.8 Å². The summed E-state index contributed by atoms with van der Waals surface area (Å²) in [6.07, 6.45) is 13.3. The summed E-state index contributed by atoms with van der Waals surface area (Å²) in [7, 11) is 0. The molecule has 20 heavy (non-hydrogen) atoms. The van der Waals surface area contributed by atoms with Gasteiger partial charge in [0.05, 0.1) is 0 Å². The average molecular weight is 282 g/mol. The third kappa shape index (κ3) is 12.4. The molecule has 0 spiro atoms. The Morgan fingerprint density at radius 2 is 0.900 bits per heavy atom. The number of aldehydes is 2. The lowest BCUT2D eigenvalue weighted by atomic mass is 9.91. The van der Waals surface area contributed by atoms with E-state index in [-0.39, 0.29) is 0 Å². The SMILES string of the molecule is CC(CCC=O)CCCC(C)CCCC(C)CCC=O. The Kier molecular flexibility index (Phi) is 12.9. The van der Waals surface area contributed by atoms with Crippen molar-refractivity contribution in [2.75, 3.05) is 0 Å². The maximum Gasteiger partial charge on any atom is 0.120 e. The molecule has 0 aromatic carbocycles. The lowest BCUT2D eigenvalue weighted by Crippen LogP contribution is -2.01. The summed E-state index contributed by atoms with van der Waals surface area (Å²) in [5.41, 5.74) is 0. The largest absolute Gasteiger partial charge is 0.303 e. The van der Waals surface area contributed by atoms with Gasteiger partial charge in [-0.1, -0.05) is 59.3 Å². The molecule has 0 radical (unpaired) electrons. The zero-order chi connectivity index (χ0) is 15.2. The van der Waals surface area contributed by atoms with Crippen LogP contribution in [0.4, 0.5) is 0 Å². The molecule has 0 N–H and O–H groups in total. The minimum absolute atomic E-state index is 0.691. The summed E-state index contributed by atoms with van der Waals surface area (Å²) in [4.78, 5) is 20.6. The van der Waals surface area contributed by atoms with Gasteiger partial charge in [-0.2, -0.15) is 0 Å². The Balaban J connectivity index is 3.46. The zero-order valence-electron chi connectivity index (χ0n) is 13.8. The van der Waals surface area contributed by atoms with E-state index in [1.807, 2.05) is 0 Å². The predicted octanol–water partition coefficient (Wildman–Crippen LogP) is 5.19. The number of rotatable bonds is 14. The van der Waals surface area contributed by atoms with Crippen LogP contribution in [-0.2, 0) is 9.59 Å². The number of hydrogen-bond donors (Lipinski definition) is 0. The molecule has 0 aromatic heterocycles. The Hall–Kier alpha value is -0.660. The average Bonchev–Trinajstić information content (AvgIpc) is 2.42. The molecule has 0 saturated heterocycles. The molecule has 0 aromatic rings. The normalized spacial score (nSPS) is 15.6. The van der Waals surface area contributed by atoms with E-state index < -0.39 is 0 Å². The summed E-state index contributed by atoms with van der Waals surface area (Å²) in [6, 6.07) is 0. The summed E-state index contributed by atoms with van der Waals surface area (Å²) >= 11 is 0. The van der Waals surface area contributed by atoms with E-state index in [1.54, 1.807) is 0 Å². The predicted molar refractivity (Wildman–Crippen MR) is 85.8 cm³/mol. The smallest absolute Gasteiger partial charge is 0.120 e. The fourth-order valence-electron chi connectivity index (χ4n) is 2.77. The van der Waals surface area contributed by atoms with E-state index in [1.165, 1.54) is 38.5 Å². The number of carbonyl (C=O) groups excluding carboxylic acids is 2. The van der Waals surface area contributed by atoms with Crippen molar-refractivity contribution in [3.63, 3.8) is 0 Å². The van der Waals surface area contributed by atoms with Crippen LogP contribution in [0.15, 0.2) is 0 Å². The first-order valence-electron chi connectivity index (χ1n) is 8.47. The maximum atomic E-state index is 10.3. The Labute approximate surface area is 125 Å². The van der Waals surface area contributed by atoms with Crippen molar-refractivity contribution in [3.05, 3.63) is 0 Å². The van der Waals surface area contributed by atoms with Crippen LogP contribution in [0.3, 0.4) is 0 Å². The van der Waals surface area contributed by atoms with Gasteiger partial charge in [0.2, 0.25) is 0 Å². The van der Waals surface area contributed by atoms with Crippen molar-refractivity contribution in [3.8, 4) is 0 Å². The van der Waals surface area contributed by atoms with Crippen LogP contribution in [0.1, 0.15) is 85.0 Å².